The molecule has 0 radical (unpaired) electrons. The van der Waals surface area contributed by atoms with Gasteiger partial charge in [0.05, 0.1) is 37.2 Å². The van der Waals surface area contributed by atoms with Crippen LogP contribution in [0.3, 0.4) is 0 Å². The Labute approximate surface area is 171 Å². The van der Waals surface area contributed by atoms with Crippen LogP contribution in [0.2, 0.25) is 0 Å². The highest BCUT2D eigenvalue weighted by Crippen LogP contribution is 2.31. The van der Waals surface area contributed by atoms with Crippen LogP contribution in [0.5, 0.6) is 11.5 Å². The standard InChI is InChI=1S/C21H22F3N3O3/c1-4-27(11-13-6-5-7-14(8-13)21(22,23)24)12-19-25-16-10-18(30-3)17(29-2)9-15(16)20(28)26-19/h5-10H,4,11-12H2,1-3H3,(H,25,26,28). The van der Waals surface area contributed by atoms with Crippen molar-refractivity contribution >= 4 is 10.9 Å². The zero-order chi connectivity index (χ0) is 21.9. The highest BCUT2D eigenvalue weighted by molar-refractivity contribution is 5.81. The molecule has 1 aromatic heterocycles. The molecule has 0 saturated carbocycles. The SMILES string of the molecule is CCN(Cc1cccc(C(F)(F)F)c1)Cc1nc2cc(OC)c(OC)cc2c(=O)[nH]1. The molecule has 0 bridgehead atoms. The van der Waals surface area contributed by atoms with Crippen LogP contribution in [0.4, 0.5) is 13.2 Å². The molecule has 30 heavy (non-hydrogen) atoms. The number of methoxy groups -OCH3 is 2. The Morgan fingerprint density at radius 3 is 2.40 bits per heavy atom. The molecule has 1 heterocycles. The molecule has 6 nitrogen and oxygen atoms in total. The van der Waals surface area contributed by atoms with Gasteiger partial charge in [-0.25, -0.2) is 4.98 Å². The Kier molecular flexibility index (Phi) is 6.31. The molecule has 0 amide bonds. The molecule has 0 aliphatic heterocycles. The van der Waals surface area contributed by atoms with Crippen molar-refractivity contribution in [1.82, 2.24) is 14.9 Å². The summed E-state index contributed by atoms with van der Waals surface area (Å²) < 4.78 is 49.4. The Hall–Kier alpha value is -3.07. The van der Waals surface area contributed by atoms with Gasteiger partial charge in [0.25, 0.3) is 5.56 Å². The topological polar surface area (TPSA) is 67.5 Å². The summed E-state index contributed by atoms with van der Waals surface area (Å²) >= 11 is 0. The van der Waals surface area contributed by atoms with Crippen LogP contribution in [0.25, 0.3) is 10.9 Å². The van der Waals surface area contributed by atoms with Gasteiger partial charge in [-0.15, -0.1) is 0 Å². The minimum atomic E-state index is -4.39. The first-order valence-electron chi connectivity index (χ1n) is 9.28. The number of rotatable bonds is 7. The predicted molar refractivity (Wildman–Crippen MR) is 107 cm³/mol. The van der Waals surface area contributed by atoms with Crippen molar-refractivity contribution in [3.63, 3.8) is 0 Å². The maximum absolute atomic E-state index is 13.0. The smallest absolute Gasteiger partial charge is 0.416 e. The van der Waals surface area contributed by atoms with Crippen LogP contribution in [-0.2, 0) is 19.3 Å². The molecule has 3 rings (SSSR count). The van der Waals surface area contributed by atoms with E-state index in [1.165, 1.54) is 20.3 Å². The highest BCUT2D eigenvalue weighted by atomic mass is 19.4. The number of nitrogens with one attached hydrogen (secondary N) is 1. The lowest BCUT2D eigenvalue weighted by molar-refractivity contribution is -0.137. The van der Waals surface area contributed by atoms with E-state index < -0.39 is 11.7 Å². The van der Waals surface area contributed by atoms with Gasteiger partial charge in [0.2, 0.25) is 0 Å². The van der Waals surface area contributed by atoms with Crippen molar-refractivity contribution in [2.24, 2.45) is 0 Å². The van der Waals surface area contributed by atoms with Crippen LogP contribution >= 0.6 is 0 Å². The van der Waals surface area contributed by atoms with Gasteiger partial charge >= 0.3 is 6.18 Å². The van der Waals surface area contributed by atoms with E-state index in [0.29, 0.717) is 40.3 Å². The summed E-state index contributed by atoms with van der Waals surface area (Å²) in [4.78, 5) is 21.6. The number of fused-ring (bicyclic) bond motifs is 1. The predicted octanol–water partition coefficient (Wildman–Crippen LogP) is 3.98. The number of aromatic nitrogens is 2. The Bertz CT molecular complexity index is 1100. The van der Waals surface area contributed by atoms with Gasteiger partial charge in [0.15, 0.2) is 11.5 Å². The van der Waals surface area contributed by atoms with Crippen molar-refractivity contribution in [3.8, 4) is 11.5 Å². The van der Waals surface area contributed by atoms with E-state index in [1.807, 2.05) is 11.8 Å². The largest absolute Gasteiger partial charge is 0.493 e. The molecular formula is C21H22F3N3O3. The first-order valence-corrected chi connectivity index (χ1v) is 9.28. The van der Waals surface area contributed by atoms with E-state index in [4.69, 9.17) is 9.47 Å². The normalized spacial score (nSPS) is 11.8. The summed E-state index contributed by atoms with van der Waals surface area (Å²) in [6.45, 7) is 3.00. The molecule has 0 fully saturated rings. The highest BCUT2D eigenvalue weighted by Gasteiger charge is 2.30. The van der Waals surface area contributed by atoms with E-state index in [2.05, 4.69) is 9.97 Å². The molecule has 2 aromatic carbocycles. The van der Waals surface area contributed by atoms with Crippen molar-refractivity contribution in [3.05, 3.63) is 63.7 Å². The maximum Gasteiger partial charge on any atom is 0.416 e. The number of ether oxygens (including phenoxy) is 2. The van der Waals surface area contributed by atoms with Gasteiger partial charge in [0, 0.05) is 12.6 Å². The van der Waals surface area contributed by atoms with Crippen LogP contribution in [-0.4, -0.2) is 35.6 Å². The lowest BCUT2D eigenvalue weighted by atomic mass is 10.1. The first kappa shape index (κ1) is 21.6. The summed E-state index contributed by atoms with van der Waals surface area (Å²) in [5.41, 5.74) is -0.0388. The zero-order valence-corrected chi connectivity index (χ0v) is 16.8. The average molecular weight is 421 g/mol. The van der Waals surface area contributed by atoms with E-state index in [9.17, 15) is 18.0 Å². The van der Waals surface area contributed by atoms with Gasteiger partial charge in [-0.3, -0.25) is 9.69 Å². The van der Waals surface area contributed by atoms with E-state index in [0.717, 1.165) is 12.1 Å². The van der Waals surface area contributed by atoms with Crippen LogP contribution in [0.15, 0.2) is 41.2 Å². The second-order valence-corrected chi connectivity index (χ2v) is 6.74. The van der Waals surface area contributed by atoms with Gasteiger partial charge < -0.3 is 14.5 Å². The lowest BCUT2D eigenvalue weighted by Crippen LogP contribution is -2.25. The van der Waals surface area contributed by atoms with E-state index >= 15 is 0 Å². The van der Waals surface area contributed by atoms with Crippen LogP contribution in [0.1, 0.15) is 23.9 Å². The molecule has 160 valence electrons. The maximum atomic E-state index is 13.0. The first-order chi connectivity index (χ1) is 14.2. The third-order valence-corrected chi connectivity index (χ3v) is 4.74. The van der Waals surface area contributed by atoms with Crippen LogP contribution < -0.4 is 15.0 Å². The molecule has 9 heteroatoms. The monoisotopic (exact) mass is 421 g/mol. The second-order valence-electron chi connectivity index (χ2n) is 6.74. The molecule has 0 atom stereocenters. The van der Waals surface area contributed by atoms with Gasteiger partial charge in [-0.05, 0) is 24.2 Å². The van der Waals surface area contributed by atoms with Crippen molar-refractivity contribution in [1.29, 1.82) is 0 Å². The average Bonchev–Trinajstić information content (AvgIpc) is 2.72. The molecule has 0 aliphatic carbocycles. The minimum absolute atomic E-state index is 0.270. The summed E-state index contributed by atoms with van der Waals surface area (Å²) in [6.07, 6.45) is -4.39. The van der Waals surface area contributed by atoms with Gasteiger partial charge in [-0.1, -0.05) is 25.1 Å². The van der Waals surface area contributed by atoms with Crippen molar-refractivity contribution in [2.75, 3.05) is 20.8 Å². The number of alkyl halides is 3. The van der Waals surface area contributed by atoms with E-state index in [-0.39, 0.29) is 18.6 Å². The third kappa shape index (κ3) is 4.73. The lowest BCUT2D eigenvalue weighted by Gasteiger charge is -2.20. The molecule has 0 saturated heterocycles. The minimum Gasteiger partial charge on any atom is -0.493 e. The number of H-pyrrole nitrogens is 1. The van der Waals surface area contributed by atoms with Crippen LogP contribution in [0, 0.1) is 0 Å². The summed E-state index contributed by atoms with van der Waals surface area (Å²) in [7, 11) is 2.97. The van der Waals surface area contributed by atoms with Crippen molar-refractivity contribution < 1.29 is 22.6 Å². The summed E-state index contributed by atoms with van der Waals surface area (Å²) in [5.74, 6) is 1.28. The fourth-order valence-corrected chi connectivity index (χ4v) is 3.18. The molecule has 3 aromatic rings. The van der Waals surface area contributed by atoms with Gasteiger partial charge in [0.1, 0.15) is 5.82 Å². The second kappa shape index (κ2) is 8.74. The Balaban J connectivity index is 1.87. The molecular weight excluding hydrogens is 399 g/mol. The molecule has 0 aliphatic rings. The van der Waals surface area contributed by atoms with Gasteiger partial charge in [-0.2, -0.15) is 13.2 Å². The number of nitrogens with zero attached hydrogens (tertiary/aromatic N) is 2. The number of hydrogen-bond donors (Lipinski definition) is 1. The Morgan fingerprint density at radius 1 is 1.07 bits per heavy atom. The quantitative estimate of drug-likeness (QED) is 0.625. The van der Waals surface area contributed by atoms with Crippen molar-refractivity contribution in [2.45, 2.75) is 26.2 Å². The number of benzene rings is 2. The summed E-state index contributed by atoms with van der Waals surface area (Å²) in [6, 6.07) is 8.40. The third-order valence-electron chi connectivity index (χ3n) is 4.74. The fourth-order valence-electron chi connectivity index (χ4n) is 3.18. The Morgan fingerprint density at radius 2 is 1.77 bits per heavy atom. The molecule has 1 N–H and O–H groups in total. The molecule has 0 spiro atoms. The molecule has 0 unspecified atom stereocenters. The number of halogens is 3. The number of aromatic amines is 1. The zero-order valence-electron chi connectivity index (χ0n) is 16.8. The van der Waals surface area contributed by atoms with E-state index in [1.54, 1.807) is 18.2 Å². The fraction of sp³-hybridized carbons (Fsp3) is 0.333. The number of hydrogen-bond acceptors (Lipinski definition) is 5. The summed E-state index contributed by atoms with van der Waals surface area (Å²) in [5, 5.41) is 0.359.